The van der Waals surface area contributed by atoms with E-state index < -0.39 is 25.2 Å². The van der Waals surface area contributed by atoms with Crippen molar-refractivity contribution in [2.45, 2.75) is 56.8 Å². The molecule has 3 rings (SSSR count). The molecule has 2 aliphatic rings. The molecular formula is C19H30BN3O8. The van der Waals surface area contributed by atoms with Crippen LogP contribution in [0.1, 0.15) is 31.3 Å². The summed E-state index contributed by atoms with van der Waals surface area (Å²) in [5, 5.41) is 50.9. The SMILES string of the molecule is C[C@H](NC1([C@H](C)N)CO1)C(=O)N1CC(Oc2ccc(CCB(O)O)c(O)c2C(O)O)C1. The van der Waals surface area contributed by atoms with Crippen LogP contribution in [0.2, 0.25) is 6.32 Å². The molecular weight excluding hydrogens is 409 g/mol. The summed E-state index contributed by atoms with van der Waals surface area (Å²) in [5.74, 6) is -0.409. The molecule has 12 heteroatoms. The van der Waals surface area contributed by atoms with Crippen molar-refractivity contribution < 1.29 is 39.6 Å². The van der Waals surface area contributed by atoms with Crippen molar-refractivity contribution in [3.63, 3.8) is 0 Å². The number of phenolic OH excluding ortho intramolecular Hbond substituents is 1. The number of hydrogen-bond donors (Lipinski definition) is 7. The van der Waals surface area contributed by atoms with Crippen molar-refractivity contribution >= 4 is 13.0 Å². The van der Waals surface area contributed by atoms with E-state index in [0.717, 1.165) is 0 Å². The number of aliphatic hydroxyl groups excluding tert-OH is 1. The second kappa shape index (κ2) is 9.29. The van der Waals surface area contributed by atoms with Crippen LogP contribution in [0.5, 0.6) is 11.5 Å². The molecule has 0 aromatic heterocycles. The molecule has 2 aliphatic heterocycles. The third-order valence-corrected chi connectivity index (χ3v) is 5.67. The van der Waals surface area contributed by atoms with Gasteiger partial charge < -0.3 is 45.5 Å². The fourth-order valence-corrected chi connectivity index (χ4v) is 3.60. The second-order valence-corrected chi connectivity index (χ2v) is 8.19. The first-order valence-electron chi connectivity index (χ1n) is 10.2. The topological polar surface area (TPSA) is 181 Å². The summed E-state index contributed by atoms with van der Waals surface area (Å²) in [4.78, 5) is 14.2. The van der Waals surface area contributed by atoms with Gasteiger partial charge in [0.2, 0.25) is 5.91 Å². The van der Waals surface area contributed by atoms with Gasteiger partial charge in [0, 0.05) is 6.04 Å². The lowest BCUT2D eigenvalue weighted by molar-refractivity contribution is -0.142. The Labute approximate surface area is 180 Å². The summed E-state index contributed by atoms with van der Waals surface area (Å²) in [6.45, 7) is 4.61. The summed E-state index contributed by atoms with van der Waals surface area (Å²) >= 11 is 0. The predicted molar refractivity (Wildman–Crippen MR) is 110 cm³/mol. The van der Waals surface area contributed by atoms with E-state index in [1.54, 1.807) is 11.8 Å². The largest absolute Gasteiger partial charge is 0.507 e. The van der Waals surface area contributed by atoms with Gasteiger partial charge >= 0.3 is 7.12 Å². The quantitative estimate of drug-likeness (QED) is 0.123. The van der Waals surface area contributed by atoms with Gasteiger partial charge in [-0.15, -0.1) is 0 Å². The van der Waals surface area contributed by atoms with E-state index in [2.05, 4.69) is 5.32 Å². The van der Waals surface area contributed by atoms with E-state index >= 15 is 0 Å². The number of carbonyl (C=O) groups excluding carboxylic acids is 1. The van der Waals surface area contributed by atoms with Gasteiger partial charge in [0.15, 0.2) is 12.0 Å². The molecule has 3 atom stereocenters. The molecule has 0 saturated carbocycles. The fourth-order valence-electron chi connectivity index (χ4n) is 3.60. The lowest BCUT2D eigenvalue weighted by atomic mass is 9.82. The lowest BCUT2D eigenvalue weighted by Gasteiger charge is -2.41. The van der Waals surface area contributed by atoms with E-state index in [0.29, 0.717) is 25.3 Å². The van der Waals surface area contributed by atoms with Crippen molar-refractivity contribution in [3.8, 4) is 11.5 Å². The summed E-state index contributed by atoms with van der Waals surface area (Å²) in [5.41, 5.74) is 5.36. The number of ether oxygens (including phenoxy) is 2. The average Bonchev–Trinajstić information content (AvgIpc) is 3.43. The van der Waals surface area contributed by atoms with E-state index in [4.69, 9.17) is 25.3 Å². The summed E-state index contributed by atoms with van der Waals surface area (Å²) in [6, 6.07) is 2.26. The number of nitrogens with one attached hydrogen (secondary N) is 1. The first kappa shape index (κ1) is 23.7. The van der Waals surface area contributed by atoms with Gasteiger partial charge in [0.1, 0.15) is 17.6 Å². The number of nitrogens with two attached hydrogens (primary N) is 1. The minimum absolute atomic E-state index is 0.0180. The number of amides is 1. The zero-order chi connectivity index (χ0) is 22.9. The number of aromatic hydroxyl groups is 1. The molecule has 172 valence electrons. The zero-order valence-electron chi connectivity index (χ0n) is 17.6. The minimum atomic E-state index is -1.98. The number of hydrogen-bond acceptors (Lipinski definition) is 10. The number of benzene rings is 1. The Bertz CT molecular complexity index is 797. The first-order chi connectivity index (χ1) is 14.5. The Morgan fingerprint density at radius 2 is 2.03 bits per heavy atom. The summed E-state index contributed by atoms with van der Waals surface area (Å²) in [7, 11) is -1.54. The molecule has 1 unspecified atom stereocenters. The van der Waals surface area contributed by atoms with Gasteiger partial charge in [-0.3, -0.25) is 10.1 Å². The highest BCUT2D eigenvalue weighted by molar-refractivity contribution is 6.41. The molecule has 11 nitrogen and oxygen atoms in total. The van der Waals surface area contributed by atoms with Gasteiger partial charge in [0.25, 0.3) is 0 Å². The molecule has 0 aliphatic carbocycles. The van der Waals surface area contributed by atoms with E-state index in [-0.39, 0.29) is 47.9 Å². The Morgan fingerprint density at radius 3 is 2.55 bits per heavy atom. The van der Waals surface area contributed by atoms with E-state index in [1.807, 2.05) is 6.92 Å². The van der Waals surface area contributed by atoms with Gasteiger partial charge in [-0.2, -0.15) is 0 Å². The lowest BCUT2D eigenvalue weighted by Crippen LogP contribution is -2.62. The van der Waals surface area contributed by atoms with Crippen LogP contribution in [0.4, 0.5) is 0 Å². The smallest absolute Gasteiger partial charge is 0.451 e. The minimum Gasteiger partial charge on any atom is -0.507 e. The monoisotopic (exact) mass is 439 g/mol. The maximum atomic E-state index is 12.6. The molecule has 31 heavy (non-hydrogen) atoms. The molecule has 2 heterocycles. The van der Waals surface area contributed by atoms with Gasteiger partial charge in [-0.25, -0.2) is 0 Å². The zero-order valence-corrected chi connectivity index (χ0v) is 17.6. The number of phenols is 1. The highest BCUT2D eigenvalue weighted by atomic mass is 16.6. The molecule has 0 radical (unpaired) electrons. The predicted octanol–water partition coefficient (Wildman–Crippen LogP) is -1.97. The average molecular weight is 439 g/mol. The van der Waals surface area contributed by atoms with Crippen LogP contribution in [0.25, 0.3) is 0 Å². The van der Waals surface area contributed by atoms with E-state index in [9.17, 15) is 20.1 Å². The van der Waals surface area contributed by atoms with Crippen molar-refractivity contribution in [2.75, 3.05) is 19.7 Å². The third-order valence-electron chi connectivity index (χ3n) is 5.67. The Hall–Kier alpha value is -1.93. The standard InChI is InChI=1S/C19H30BN3O8/c1-10(22-19(9-30-19)11(2)21)17(25)23-7-13(8-23)31-14-4-3-12(5-6-20(28)29)16(24)15(14)18(26)27/h3-4,10-11,13,18,22,24,26-29H,5-9,21H2,1-2H3/t10-,11-,19?/m0/s1. The van der Waals surface area contributed by atoms with Crippen molar-refractivity contribution in [1.82, 2.24) is 10.2 Å². The maximum Gasteiger partial charge on any atom is 0.451 e. The number of aryl methyl sites for hydroxylation is 1. The van der Waals surface area contributed by atoms with Crippen LogP contribution >= 0.6 is 0 Å². The molecule has 1 aromatic carbocycles. The van der Waals surface area contributed by atoms with Gasteiger partial charge in [0.05, 0.1) is 31.3 Å². The number of carbonyl (C=O) groups is 1. The highest BCUT2D eigenvalue weighted by Gasteiger charge is 2.50. The normalized spacial score (nSPS) is 22.8. The maximum absolute atomic E-state index is 12.6. The number of aliphatic hydroxyl groups is 2. The summed E-state index contributed by atoms with van der Waals surface area (Å²) in [6.07, 6.45) is -2.25. The number of nitrogens with zero attached hydrogens (tertiary/aromatic N) is 1. The molecule has 1 aromatic rings. The molecule has 0 bridgehead atoms. The van der Waals surface area contributed by atoms with Crippen molar-refractivity contribution in [3.05, 3.63) is 23.3 Å². The first-order valence-corrected chi connectivity index (χ1v) is 10.2. The van der Waals surface area contributed by atoms with E-state index in [1.165, 1.54) is 12.1 Å². The van der Waals surface area contributed by atoms with Gasteiger partial charge in [-0.1, -0.05) is 6.07 Å². The second-order valence-electron chi connectivity index (χ2n) is 8.19. The third kappa shape index (κ3) is 5.29. The van der Waals surface area contributed by atoms with Crippen LogP contribution in [0.15, 0.2) is 12.1 Å². The van der Waals surface area contributed by atoms with Crippen LogP contribution < -0.4 is 15.8 Å². The molecule has 1 amide bonds. The van der Waals surface area contributed by atoms with Gasteiger partial charge in [-0.05, 0) is 38.2 Å². The van der Waals surface area contributed by atoms with Crippen LogP contribution in [0.3, 0.4) is 0 Å². The number of likely N-dealkylation sites (tertiary alicyclic amines) is 1. The van der Waals surface area contributed by atoms with Crippen LogP contribution in [0, 0.1) is 0 Å². The molecule has 2 fully saturated rings. The number of epoxide rings is 1. The number of rotatable bonds is 10. The summed E-state index contributed by atoms with van der Waals surface area (Å²) < 4.78 is 11.1. The van der Waals surface area contributed by atoms with Crippen LogP contribution in [-0.4, -0.2) is 86.9 Å². The molecule has 2 saturated heterocycles. The van der Waals surface area contributed by atoms with Crippen molar-refractivity contribution in [2.24, 2.45) is 5.73 Å². The Kier molecular flexibility index (Phi) is 7.11. The van der Waals surface area contributed by atoms with Crippen molar-refractivity contribution in [1.29, 1.82) is 0 Å². The Balaban J connectivity index is 1.58. The fraction of sp³-hybridized carbons (Fsp3) is 0.632. The Morgan fingerprint density at radius 1 is 1.39 bits per heavy atom. The highest BCUT2D eigenvalue weighted by Crippen LogP contribution is 2.37. The van der Waals surface area contributed by atoms with Crippen LogP contribution in [-0.2, 0) is 16.0 Å². The molecule has 0 spiro atoms. The molecule has 8 N–H and O–H groups in total.